The van der Waals surface area contributed by atoms with Gasteiger partial charge in [0.1, 0.15) is 0 Å². The smallest absolute Gasteiger partial charge is 0.283 e. The van der Waals surface area contributed by atoms with E-state index in [0.717, 1.165) is 5.56 Å². The van der Waals surface area contributed by atoms with E-state index in [2.05, 4.69) is 9.71 Å². The number of hydrogen-bond acceptors (Lipinski definition) is 4. The zero-order chi connectivity index (χ0) is 14.9. The van der Waals surface area contributed by atoms with Crippen molar-refractivity contribution in [3.8, 4) is 0 Å². The average molecular weight is 295 g/mol. The third-order valence-corrected chi connectivity index (χ3v) is 4.44. The van der Waals surface area contributed by atoms with Crippen LogP contribution in [0, 0.1) is 6.92 Å². The second-order valence-corrected chi connectivity index (χ2v) is 6.21. The van der Waals surface area contributed by atoms with Gasteiger partial charge in [-0.2, -0.15) is 0 Å². The maximum absolute atomic E-state index is 12.2. The Morgan fingerprint density at radius 2 is 1.75 bits per heavy atom. The van der Waals surface area contributed by atoms with Gasteiger partial charge >= 0.3 is 6.03 Å². The van der Waals surface area contributed by atoms with Crippen LogP contribution in [0.2, 0.25) is 0 Å². The molecule has 1 aliphatic heterocycles. The number of nitrogens with zero attached hydrogens (tertiary/aromatic N) is 1. The molecule has 1 heterocycles. The lowest BCUT2D eigenvalue weighted by molar-refractivity contribution is -0.118. The van der Waals surface area contributed by atoms with Crippen LogP contribution in [0.4, 0.5) is 10.5 Å². The molecule has 1 aliphatic rings. The molecule has 1 aromatic carbocycles. The van der Waals surface area contributed by atoms with Crippen molar-refractivity contribution in [2.75, 3.05) is 4.72 Å². The van der Waals surface area contributed by atoms with Gasteiger partial charge in [-0.1, -0.05) is 17.7 Å². The van der Waals surface area contributed by atoms with Crippen LogP contribution in [0.1, 0.15) is 12.5 Å². The number of sulfonamides is 1. The van der Waals surface area contributed by atoms with Crippen molar-refractivity contribution < 1.29 is 18.0 Å². The summed E-state index contributed by atoms with van der Waals surface area (Å²) < 4.78 is 26.7. The van der Waals surface area contributed by atoms with Crippen molar-refractivity contribution in [3.05, 3.63) is 29.8 Å². The minimum absolute atomic E-state index is 0.0571. The Hall–Kier alpha value is -2.22. The number of aliphatic imine (C=N–C) groups is 1. The number of rotatable bonds is 3. The van der Waals surface area contributed by atoms with E-state index in [4.69, 9.17) is 0 Å². The van der Waals surface area contributed by atoms with Gasteiger partial charge in [-0.25, -0.2) is 18.2 Å². The predicted octanol–water partition coefficient (Wildman–Crippen LogP) is 0.816. The summed E-state index contributed by atoms with van der Waals surface area (Å²) in [6.45, 7) is 3.20. The SMILES string of the molecule is CC1=NC(=O)NC(=O)C1S(=O)(=O)Nc1ccc(C)cc1. The Labute approximate surface area is 116 Å². The molecule has 0 aromatic heterocycles. The predicted molar refractivity (Wildman–Crippen MR) is 74.2 cm³/mol. The van der Waals surface area contributed by atoms with Gasteiger partial charge in [0, 0.05) is 5.69 Å². The Kier molecular flexibility index (Phi) is 3.58. The number of aryl methyl sites for hydroxylation is 1. The fourth-order valence-corrected chi connectivity index (χ4v) is 3.24. The van der Waals surface area contributed by atoms with Crippen LogP contribution in [0.5, 0.6) is 0 Å². The molecule has 20 heavy (non-hydrogen) atoms. The first-order valence-electron chi connectivity index (χ1n) is 5.78. The fraction of sp³-hybridized carbons (Fsp3) is 0.250. The van der Waals surface area contributed by atoms with Gasteiger partial charge in [0.15, 0.2) is 5.25 Å². The Morgan fingerprint density at radius 3 is 2.30 bits per heavy atom. The molecule has 0 fully saturated rings. The Bertz CT molecular complexity index is 692. The average Bonchev–Trinajstić information content (AvgIpc) is 2.30. The maximum Gasteiger partial charge on any atom is 0.347 e. The fourth-order valence-electron chi connectivity index (χ4n) is 1.82. The first-order chi connectivity index (χ1) is 9.29. The van der Waals surface area contributed by atoms with Crippen LogP contribution < -0.4 is 10.0 Å². The summed E-state index contributed by atoms with van der Waals surface area (Å²) in [5, 5.41) is 0.364. The van der Waals surface area contributed by atoms with Gasteiger partial charge in [-0.3, -0.25) is 14.8 Å². The number of imide groups is 1. The number of carbonyl (C=O) groups is 2. The molecule has 0 radical (unpaired) electrons. The molecular formula is C12H13N3O4S. The van der Waals surface area contributed by atoms with Gasteiger partial charge in [0.2, 0.25) is 10.0 Å². The normalized spacial score (nSPS) is 19.3. The van der Waals surface area contributed by atoms with E-state index >= 15 is 0 Å². The largest absolute Gasteiger partial charge is 0.347 e. The first kappa shape index (κ1) is 14.2. The molecule has 106 valence electrons. The molecule has 8 heteroatoms. The third-order valence-electron chi connectivity index (χ3n) is 2.75. The van der Waals surface area contributed by atoms with E-state index in [1.54, 1.807) is 24.3 Å². The number of carbonyl (C=O) groups excluding carboxylic acids is 2. The molecule has 1 aromatic rings. The molecule has 0 saturated carbocycles. The van der Waals surface area contributed by atoms with E-state index in [0.29, 0.717) is 5.69 Å². The minimum atomic E-state index is -4.02. The maximum atomic E-state index is 12.2. The first-order valence-corrected chi connectivity index (χ1v) is 7.32. The lowest BCUT2D eigenvalue weighted by Crippen LogP contribution is -2.51. The Balaban J connectivity index is 2.31. The van der Waals surface area contributed by atoms with E-state index < -0.39 is 27.2 Å². The summed E-state index contributed by atoms with van der Waals surface area (Å²) in [5.41, 5.74) is 1.26. The van der Waals surface area contributed by atoms with Crippen LogP contribution >= 0.6 is 0 Å². The number of hydrogen-bond donors (Lipinski definition) is 2. The number of nitrogens with one attached hydrogen (secondary N) is 2. The highest BCUT2D eigenvalue weighted by atomic mass is 32.2. The second-order valence-electron chi connectivity index (χ2n) is 4.44. The molecule has 2 rings (SSSR count). The van der Waals surface area contributed by atoms with Crippen molar-refractivity contribution in [3.63, 3.8) is 0 Å². The third kappa shape index (κ3) is 2.85. The van der Waals surface area contributed by atoms with Gasteiger partial charge in [0.05, 0.1) is 5.71 Å². The molecule has 1 unspecified atom stereocenters. The highest BCUT2D eigenvalue weighted by molar-refractivity contribution is 7.94. The molecular weight excluding hydrogens is 282 g/mol. The summed E-state index contributed by atoms with van der Waals surface area (Å²) in [5.74, 6) is -0.901. The number of urea groups is 1. The zero-order valence-electron chi connectivity index (χ0n) is 10.9. The molecule has 0 saturated heterocycles. The summed E-state index contributed by atoms with van der Waals surface area (Å²) in [6, 6.07) is 5.80. The molecule has 3 amide bonds. The van der Waals surface area contributed by atoms with Gasteiger partial charge in [-0.15, -0.1) is 0 Å². The van der Waals surface area contributed by atoms with Gasteiger partial charge in [-0.05, 0) is 26.0 Å². The standard InChI is InChI=1S/C12H13N3O4S/c1-7-3-5-9(6-4-7)15-20(18,19)10-8(2)13-12(17)14-11(10)16/h3-6,10,15H,1-2H3,(H,14,16,17). The molecule has 2 N–H and O–H groups in total. The highest BCUT2D eigenvalue weighted by Crippen LogP contribution is 2.15. The number of benzene rings is 1. The molecule has 0 aliphatic carbocycles. The number of amides is 3. The van der Waals surface area contributed by atoms with Crippen LogP contribution in [-0.4, -0.2) is 31.3 Å². The zero-order valence-corrected chi connectivity index (χ0v) is 11.7. The van der Waals surface area contributed by atoms with Crippen molar-refractivity contribution in [2.45, 2.75) is 19.1 Å². The molecule has 1 atom stereocenters. The molecule has 7 nitrogen and oxygen atoms in total. The summed E-state index contributed by atoms with van der Waals surface area (Å²) in [4.78, 5) is 26.2. The number of anilines is 1. The van der Waals surface area contributed by atoms with E-state index in [1.165, 1.54) is 6.92 Å². The topological polar surface area (TPSA) is 105 Å². The highest BCUT2D eigenvalue weighted by Gasteiger charge is 2.39. The van der Waals surface area contributed by atoms with Crippen molar-refractivity contribution in [2.24, 2.45) is 4.99 Å². The monoisotopic (exact) mass is 295 g/mol. The molecule has 0 spiro atoms. The van der Waals surface area contributed by atoms with E-state index in [-0.39, 0.29) is 5.71 Å². The van der Waals surface area contributed by atoms with E-state index in [1.807, 2.05) is 12.2 Å². The van der Waals surface area contributed by atoms with Crippen molar-refractivity contribution in [1.82, 2.24) is 5.32 Å². The Morgan fingerprint density at radius 1 is 1.15 bits per heavy atom. The quantitative estimate of drug-likeness (QED) is 0.861. The van der Waals surface area contributed by atoms with E-state index in [9.17, 15) is 18.0 Å². The minimum Gasteiger partial charge on any atom is -0.283 e. The molecule has 0 bridgehead atoms. The summed E-state index contributed by atoms with van der Waals surface area (Å²) in [6.07, 6.45) is 0. The lowest BCUT2D eigenvalue weighted by atomic mass is 10.2. The van der Waals surface area contributed by atoms with Crippen molar-refractivity contribution in [1.29, 1.82) is 0 Å². The van der Waals surface area contributed by atoms with Crippen LogP contribution in [0.25, 0.3) is 0 Å². The summed E-state index contributed by atoms with van der Waals surface area (Å²) >= 11 is 0. The van der Waals surface area contributed by atoms with Gasteiger partial charge in [0.25, 0.3) is 5.91 Å². The lowest BCUT2D eigenvalue weighted by Gasteiger charge is -2.20. The summed E-state index contributed by atoms with van der Waals surface area (Å²) in [7, 11) is -4.02. The van der Waals surface area contributed by atoms with Crippen LogP contribution in [0.15, 0.2) is 29.3 Å². The van der Waals surface area contributed by atoms with Gasteiger partial charge < -0.3 is 0 Å². The second kappa shape index (κ2) is 5.04. The van der Waals surface area contributed by atoms with Crippen LogP contribution in [0.3, 0.4) is 0 Å². The van der Waals surface area contributed by atoms with Crippen LogP contribution in [-0.2, 0) is 14.8 Å². The van der Waals surface area contributed by atoms with Crippen molar-refractivity contribution >= 4 is 33.4 Å².